The van der Waals surface area contributed by atoms with E-state index in [2.05, 4.69) is 37.6 Å². The van der Waals surface area contributed by atoms with E-state index in [-0.39, 0.29) is 18.0 Å². The van der Waals surface area contributed by atoms with Crippen LogP contribution in [-0.4, -0.2) is 63.0 Å². The molecule has 3 aromatic rings. The van der Waals surface area contributed by atoms with Crippen molar-refractivity contribution in [2.24, 2.45) is 0 Å². The van der Waals surface area contributed by atoms with Crippen LogP contribution in [0.3, 0.4) is 0 Å². The highest BCUT2D eigenvalue weighted by molar-refractivity contribution is 5.95. The molecule has 1 aromatic carbocycles. The van der Waals surface area contributed by atoms with Crippen molar-refractivity contribution >= 4 is 23.4 Å². The average molecular weight is 505 g/mol. The lowest BCUT2D eigenvalue weighted by molar-refractivity contribution is 0.0929. The Morgan fingerprint density at radius 1 is 1.24 bits per heavy atom. The summed E-state index contributed by atoms with van der Waals surface area (Å²) in [5, 5.41) is 15.0. The molecular weight excluding hydrogens is 472 g/mol. The minimum absolute atomic E-state index is 0.0427. The van der Waals surface area contributed by atoms with Gasteiger partial charge in [-0.25, -0.2) is 4.98 Å². The number of hydrogen-bond donors (Lipinski definition) is 2. The Kier molecular flexibility index (Phi) is 6.37. The molecule has 2 atom stereocenters. The van der Waals surface area contributed by atoms with E-state index in [1.165, 1.54) is 12.8 Å². The number of amides is 1. The molecule has 1 saturated heterocycles. The third-order valence-electron chi connectivity index (χ3n) is 7.54. The highest BCUT2D eigenvalue weighted by atomic mass is 16.5. The summed E-state index contributed by atoms with van der Waals surface area (Å²) in [6, 6.07) is 5.89. The predicted molar refractivity (Wildman–Crippen MR) is 138 cm³/mol. The number of fused-ring (bicyclic) bond motifs is 3. The molecule has 0 bridgehead atoms. The van der Waals surface area contributed by atoms with Gasteiger partial charge >= 0.3 is 0 Å². The summed E-state index contributed by atoms with van der Waals surface area (Å²) >= 11 is 0. The highest BCUT2D eigenvalue weighted by Crippen LogP contribution is 2.43. The lowest BCUT2D eigenvalue weighted by Crippen LogP contribution is -2.42. The summed E-state index contributed by atoms with van der Waals surface area (Å²) in [5.74, 6) is 2.68. The van der Waals surface area contributed by atoms with Crippen LogP contribution in [0.2, 0.25) is 0 Å². The topological polar surface area (TPSA) is 119 Å². The molecule has 4 heterocycles. The number of rotatable bonds is 7. The zero-order valence-electron chi connectivity index (χ0n) is 21.2. The van der Waals surface area contributed by atoms with Crippen molar-refractivity contribution in [3.8, 4) is 11.4 Å². The highest BCUT2D eigenvalue weighted by Gasteiger charge is 2.38. The van der Waals surface area contributed by atoms with Gasteiger partial charge in [0.15, 0.2) is 11.6 Å². The maximum Gasteiger partial charge on any atom is 0.251 e. The molecule has 37 heavy (non-hydrogen) atoms. The van der Waals surface area contributed by atoms with E-state index in [4.69, 9.17) is 14.5 Å². The first-order valence-electron chi connectivity index (χ1n) is 13.1. The van der Waals surface area contributed by atoms with Crippen LogP contribution < -0.4 is 20.3 Å². The van der Waals surface area contributed by atoms with Gasteiger partial charge in [0.2, 0.25) is 5.95 Å². The number of benzene rings is 1. The van der Waals surface area contributed by atoms with Gasteiger partial charge in [-0.15, -0.1) is 10.2 Å². The number of hydrogen-bond acceptors (Lipinski definition) is 9. The van der Waals surface area contributed by atoms with Gasteiger partial charge in [0, 0.05) is 18.2 Å². The molecule has 2 N–H and O–H groups in total. The van der Waals surface area contributed by atoms with E-state index in [1.807, 2.05) is 16.8 Å². The minimum Gasteiger partial charge on any atom is -0.495 e. The number of nitrogens with one attached hydrogen (secondary N) is 2. The van der Waals surface area contributed by atoms with Crippen molar-refractivity contribution in [3.05, 3.63) is 42.1 Å². The minimum atomic E-state index is -0.145. The monoisotopic (exact) mass is 504 g/mol. The van der Waals surface area contributed by atoms with Crippen LogP contribution in [0.15, 0.2) is 30.7 Å². The molecule has 11 heteroatoms. The molecular formula is C26H32N8O3. The Balaban J connectivity index is 1.30. The molecule has 2 fully saturated rings. The van der Waals surface area contributed by atoms with E-state index in [1.54, 1.807) is 25.6 Å². The Morgan fingerprint density at radius 2 is 2.11 bits per heavy atom. The van der Waals surface area contributed by atoms with Gasteiger partial charge in [0.05, 0.1) is 37.7 Å². The van der Waals surface area contributed by atoms with Gasteiger partial charge in [-0.05, 0) is 43.9 Å². The summed E-state index contributed by atoms with van der Waals surface area (Å²) in [6.45, 7) is 3.40. The summed E-state index contributed by atoms with van der Waals surface area (Å²) in [6.07, 6.45) is 10.0. The molecule has 2 aliphatic heterocycles. The summed E-state index contributed by atoms with van der Waals surface area (Å²) in [4.78, 5) is 24.7. The molecule has 1 amide bonds. The number of aromatic nitrogens is 5. The Labute approximate surface area is 215 Å². The van der Waals surface area contributed by atoms with E-state index < -0.39 is 0 Å². The Morgan fingerprint density at radius 3 is 2.86 bits per heavy atom. The van der Waals surface area contributed by atoms with Crippen LogP contribution in [0.1, 0.15) is 67.7 Å². The second-order valence-electron chi connectivity index (χ2n) is 9.81. The van der Waals surface area contributed by atoms with Gasteiger partial charge in [0.1, 0.15) is 17.8 Å². The van der Waals surface area contributed by atoms with Crippen LogP contribution in [0.4, 0.5) is 17.5 Å². The van der Waals surface area contributed by atoms with Crippen LogP contribution >= 0.6 is 0 Å². The second-order valence-corrected chi connectivity index (χ2v) is 9.81. The van der Waals surface area contributed by atoms with E-state index in [0.29, 0.717) is 42.2 Å². The maximum atomic E-state index is 12.7. The van der Waals surface area contributed by atoms with Gasteiger partial charge in [-0.2, -0.15) is 4.98 Å². The standard InChI is InChI=1S/C26H32N8O3/c1-3-20-24-32-28-15-33(24)21-13-27-26(31-23(21)34(20)18-6-4-5-7-18)30-19-9-8-16(12-22(19)36-2)25(35)29-17-10-11-37-14-17/h8-9,12-13,15,17-18,20H,3-7,10-11,14H2,1-2H3,(H,29,35)(H,27,30,31)/t17?,20-/m1/s1. The van der Waals surface area contributed by atoms with Crippen molar-refractivity contribution < 1.29 is 14.3 Å². The SMILES string of the molecule is CC[C@@H]1c2nncn2-c2cnc(Nc3ccc(C(=O)NC4CCOC4)cc3OC)nc2N1C1CCCC1. The number of anilines is 3. The smallest absolute Gasteiger partial charge is 0.251 e. The first-order valence-corrected chi connectivity index (χ1v) is 13.1. The van der Waals surface area contributed by atoms with Gasteiger partial charge in [-0.1, -0.05) is 19.8 Å². The first kappa shape index (κ1) is 23.7. The third-order valence-corrected chi connectivity index (χ3v) is 7.54. The molecule has 1 unspecified atom stereocenters. The van der Waals surface area contributed by atoms with Crippen LogP contribution in [-0.2, 0) is 4.74 Å². The Bertz CT molecular complexity index is 1280. The van der Waals surface area contributed by atoms with Crippen molar-refractivity contribution in [3.63, 3.8) is 0 Å². The molecule has 2 aromatic heterocycles. The fourth-order valence-electron chi connectivity index (χ4n) is 5.68. The summed E-state index contributed by atoms with van der Waals surface area (Å²) in [5.41, 5.74) is 2.10. The normalized spacial score (nSPS) is 21.0. The average Bonchev–Trinajstić information content (AvgIpc) is 3.71. The summed E-state index contributed by atoms with van der Waals surface area (Å²) in [7, 11) is 1.59. The van der Waals surface area contributed by atoms with Crippen LogP contribution in [0, 0.1) is 0 Å². The largest absolute Gasteiger partial charge is 0.495 e. The number of nitrogens with zero attached hydrogens (tertiary/aromatic N) is 6. The molecule has 1 aliphatic carbocycles. The third kappa shape index (κ3) is 4.37. The van der Waals surface area contributed by atoms with Crippen molar-refractivity contribution in [2.75, 3.05) is 30.5 Å². The number of carbonyl (C=O) groups is 1. The quantitative estimate of drug-likeness (QED) is 0.498. The van der Waals surface area contributed by atoms with Crippen LogP contribution in [0.25, 0.3) is 5.69 Å². The molecule has 1 saturated carbocycles. The lowest BCUT2D eigenvalue weighted by Gasteiger charge is -2.40. The fourth-order valence-corrected chi connectivity index (χ4v) is 5.68. The zero-order chi connectivity index (χ0) is 25.4. The zero-order valence-corrected chi connectivity index (χ0v) is 21.2. The van der Waals surface area contributed by atoms with Crippen molar-refractivity contribution in [2.45, 2.75) is 63.6 Å². The van der Waals surface area contributed by atoms with Gasteiger partial charge in [0.25, 0.3) is 5.91 Å². The molecule has 6 rings (SSSR count). The van der Waals surface area contributed by atoms with E-state index in [0.717, 1.165) is 43.0 Å². The lowest BCUT2D eigenvalue weighted by atomic mass is 10.0. The molecule has 194 valence electrons. The number of methoxy groups -OCH3 is 1. The van der Waals surface area contributed by atoms with Crippen LogP contribution in [0.5, 0.6) is 5.75 Å². The number of ether oxygens (including phenoxy) is 2. The Hall–Kier alpha value is -3.73. The molecule has 11 nitrogen and oxygen atoms in total. The van der Waals surface area contributed by atoms with Gasteiger partial charge in [-0.3, -0.25) is 9.36 Å². The van der Waals surface area contributed by atoms with E-state index >= 15 is 0 Å². The van der Waals surface area contributed by atoms with Crippen molar-refractivity contribution in [1.82, 2.24) is 30.0 Å². The fraction of sp³-hybridized carbons (Fsp3) is 0.500. The second kappa shape index (κ2) is 9.97. The number of carbonyl (C=O) groups excluding carboxylic acids is 1. The molecule has 0 spiro atoms. The van der Waals surface area contributed by atoms with E-state index in [9.17, 15) is 4.79 Å². The maximum absolute atomic E-state index is 12.7. The molecule has 0 radical (unpaired) electrons. The molecule has 3 aliphatic rings. The van der Waals surface area contributed by atoms with Crippen molar-refractivity contribution in [1.29, 1.82) is 0 Å². The first-order chi connectivity index (χ1) is 18.2. The predicted octanol–water partition coefficient (Wildman–Crippen LogP) is 3.54. The summed E-state index contributed by atoms with van der Waals surface area (Å²) < 4.78 is 13.0. The van der Waals surface area contributed by atoms with Gasteiger partial charge < -0.3 is 25.0 Å².